The van der Waals surface area contributed by atoms with Crippen LogP contribution in [0.2, 0.25) is 0 Å². The van der Waals surface area contributed by atoms with Gasteiger partial charge < -0.3 is 4.55 Å². The summed E-state index contributed by atoms with van der Waals surface area (Å²) in [5, 5.41) is 1.15. The summed E-state index contributed by atoms with van der Waals surface area (Å²) < 4.78 is 33.1. The molecule has 0 N–H and O–H groups in total. The zero-order chi connectivity index (χ0) is 17.7. The molecule has 24 heavy (non-hydrogen) atoms. The Morgan fingerprint density at radius 3 is 2.17 bits per heavy atom. The van der Waals surface area contributed by atoms with Gasteiger partial charge in [-0.25, -0.2) is 8.42 Å². The molecule has 0 radical (unpaired) electrons. The second-order valence-electron chi connectivity index (χ2n) is 5.26. The van der Waals surface area contributed by atoms with E-state index in [0.29, 0.717) is 5.69 Å². The first-order chi connectivity index (χ1) is 11.3. The van der Waals surface area contributed by atoms with E-state index in [2.05, 4.69) is 0 Å². The number of hydrogen-bond donors (Lipinski definition) is 0. The fourth-order valence-corrected chi connectivity index (χ4v) is 2.65. The Morgan fingerprint density at radius 2 is 1.58 bits per heavy atom. The third-order valence-electron chi connectivity index (χ3n) is 3.55. The number of nitrogens with zero attached hydrogens (tertiary/aromatic N) is 1. The van der Waals surface area contributed by atoms with E-state index in [1.165, 1.54) is 12.1 Å². The molecule has 0 spiro atoms. The van der Waals surface area contributed by atoms with Gasteiger partial charge in [-0.1, -0.05) is 29.8 Å². The molecule has 124 valence electrons. The van der Waals surface area contributed by atoms with Crippen molar-refractivity contribution in [3.05, 3.63) is 71.9 Å². The maximum Gasteiger partial charge on any atom is 0.245 e. The molecule has 3 rings (SSSR count). The highest BCUT2D eigenvalue weighted by Crippen LogP contribution is 2.09. The fourth-order valence-electron chi connectivity index (χ4n) is 2.18. The monoisotopic (exact) mass is 343 g/mol. The van der Waals surface area contributed by atoms with Crippen LogP contribution in [0.5, 0.6) is 0 Å². The van der Waals surface area contributed by atoms with Crippen LogP contribution in [0.15, 0.2) is 65.6 Å². The molecule has 0 unspecified atom stereocenters. The van der Waals surface area contributed by atoms with Crippen LogP contribution in [0.25, 0.3) is 10.9 Å². The maximum atomic E-state index is 10.7. The number of rotatable bonds is 2. The van der Waals surface area contributed by atoms with Crippen molar-refractivity contribution in [2.24, 2.45) is 7.05 Å². The zero-order valence-corrected chi connectivity index (χ0v) is 14.2. The first kappa shape index (κ1) is 17.8. The van der Waals surface area contributed by atoms with Crippen molar-refractivity contribution in [2.75, 3.05) is 0 Å². The van der Waals surface area contributed by atoms with Gasteiger partial charge in [0.25, 0.3) is 0 Å². The normalized spacial score (nSPS) is 10.8. The quantitative estimate of drug-likeness (QED) is 0.406. The van der Waals surface area contributed by atoms with Gasteiger partial charge in [-0.3, -0.25) is 4.79 Å². The number of aromatic nitrogens is 1. The van der Waals surface area contributed by atoms with Crippen molar-refractivity contribution in [2.45, 2.75) is 11.8 Å². The number of benzene rings is 2. The summed E-state index contributed by atoms with van der Waals surface area (Å²) >= 11 is 0. The highest BCUT2D eigenvalue weighted by Gasteiger charge is 2.08. The summed E-state index contributed by atoms with van der Waals surface area (Å²) in [5.41, 5.74) is 2.70. The predicted octanol–water partition coefficient (Wildman–Crippen LogP) is 2.38. The second kappa shape index (κ2) is 7.33. The highest BCUT2D eigenvalue weighted by molar-refractivity contribution is 7.85. The van der Waals surface area contributed by atoms with E-state index in [1.807, 2.05) is 54.9 Å². The number of carbonyl (C=O) groups is 1. The Hall–Kier alpha value is -2.57. The van der Waals surface area contributed by atoms with Gasteiger partial charge in [-0.05, 0) is 31.2 Å². The first-order valence-electron chi connectivity index (χ1n) is 7.18. The largest absolute Gasteiger partial charge is 0.744 e. The number of fused-ring (bicyclic) bond motifs is 1. The number of para-hydroxylation sites is 1. The minimum absolute atomic E-state index is 0.178. The van der Waals surface area contributed by atoms with Gasteiger partial charge in [0.15, 0.2) is 0 Å². The van der Waals surface area contributed by atoms with Crippen LogP contribution in [0, 0.1) is 6.92 Å². The Labute approximate surface area is 140 Å². The maximum absolute atomic E-state index is 10.7. The molecule has 0 aliphatic heterocycles. The molecule has 0 bridgehead atoms. The van der Waals surface area contributed by atoms with E-state index >= 15 is 0 Å². The molecule has 3 aromatic rings. The average Bonchev–Trinajstić information content (AvgIpc) is 2.56. The molecular formula is C18H17NO4S. The topological polar surface area (TPSA) is 78.1 Å². The molecule has 5 nitrogen and oxygen atoms in total. The van der Waals surface area contributed by atoms with E-state index in [0.717, 1.165) is 22.8 Å². The van der Waals surface area contributed by atoms with E-state index in [1.54, 1.807) is 12.1 Å². The van der Waals surface area contributed by atoms with Crippen LogP contribution in [-0.4, -0.2) is 19.3 Å². The van der Waals surface area contributed by atoms with Gasteiger partial charge in [0.05, 0.1) is 4.90 Å². The highest BCUT2D eigenvalue weighted by atomic mass is 32.2. The molecule has 6 heteroatoms. The number of aryl methyl sites for hydroxylation is 2. The predicted molar refractivity (Wildman–Crippen MR) is 89.7 cm³/mol. The molecule has 0 atom stereocenters. The number of hydrogen-bond acceptors (Lipinski definition) is 4. The third-order valence-corrected chi connectivity index (χ3v) is 4.40. The molecule has 0 amide bonds. The van der Waals surface area contributed by atoms with Crippen molar-refractivity contribution < 1.29 is 22.3 Å². The molecule has 1 aromatic heterocycles. The molecular weight excluding hydrogens is 326 g/mol. The summed E-state index contributed by atoms with van der Waals surface area (Å²) in [5.74, 6) is 0. The molecule has 0 saturated carbocycles. The van der Waals surface area contributed by atoms with Gasteiger partial charge in [0.1, 0.15) is 17.2 Å². The van der Waals surface area contributed by atoms with Crippen molar-refractivity contribution in [3.8, 4) is 0 Å². The molecule has 1 heterocycles. The molecule has 0 aliphatic rings. The average molecular weight is 343 g/mol. The second-order valence-corrected chi connectivity index (χ2v) is 6.64. The molecule has 2 aromatic carbocycles. The van der Waals surface area contributed by atoms with Crippen molar-refractivity contribution >= 4 is 27.3 Å². The van der Waals surface area contributed by atoms with Gasteiger partial charge in [-0.2, -0.15) is 4.57 Å². The Kier molecular flexibility index (Phi) is 5.43. The van der Waals surface area contributed by atoms with Crippen molar-refractivity contribution in [1.29, 1.82) is 0 Å². The van der Waals surface area contributed by atoms with E-state index in [9.17, 15) is 17.8 Å². The van der Waals surface area contributed by atoms with E-state index in [-0.39, 0.29) is 4.90 Å². The van der Waals surface area contributed by atoms with Gasteiger partial charge in [0.2, 0.25) is 17.5 Å². The first-order valence-corrected chi connectivity index (χ1v) is 8.59. The van der Waals surface area contributed by atoms with Gasteiger partial charge >= 0.3 is 0 Å². The number of carbonyl (C=O) groups excluding carboxylic acids is 1. The van der Waals surface area contributed by atoms with Crippen LogP contribution in [0.1, 0.15) is 16.1 Å². The van der Waals surface area contributed by atoms with Crippen molar-refractivity contribution in [1.82, 2.24) is 0 Å². The summed E-state index contributed by atoms with van der Waals surface area (Å²) in [6.07, 6.45) is 0.867. The number of pyridine rings is 1. The lowest BCUT2D eigenvalue weighted by Gasteiger charge is -2.05. The summed E-state index contributed by atoms with van der Waals surface area (Å²) in [7, 11) is -2.37. The fraction of sp³-hybridized carbons (Fsp3) is 0.111. The summed E-state index contributed by atoms with van der Waals surface area (Å²) in [6, 6.07) is 17.6. The molecule has 0 fully saturated rings. The van der Waals surface area contributed by atoms with Crippen LogP contribution < -0.4 is 4.57 Å². The van der Waals surface area contributed by atoms with Gasteiger partial charge in [-0.15, -0.1) is 0 Å². The van der Waals surface area contributed by atoms with Crippen LogP contribution in [0.4, 0.5) is 0 Å². The van der Waals surface area contributed by atoms with Gasteiger partial charge in [0, 0.05) is 17.5 Å². The van der Waals surface area contributed by atoms with E-state index < -0.39 is 10.1 Å². The Morgan fingerprint density at radius 1 is 0.958 bits per heavy atom. The zero-order valence-electron chi connectivity index (χ0n) is 13.3. The SMILES string of the molecule is C[n+]1c(C=O)ccc2ccccc21.Cc1ccc(S(=O)(=O)[O-])cc1. The van der Waals surface area contributed by atoms with Crippen LogP contribution in [0.3, 0.4) is 0 Å². The lowest BCUT2D eigenvalue weighted by atomic mass is 10.2. The molecule has 0 aliphatic carbocycles. The summed E-state index contributed by atoms with van der Waals surface area (Å²) in [6.45, 7) is 1.82. The molecule has 0 saturated heterocycles. The minimum Gasteiger partial charge on any atom is -0.744 e. The minimum atomic E-state index is -4.27. The van der Waals surface area contributed by atoms with Crippen LogP contribution in [-0.2, 0) is 17.2 Å². The third kappa shape index (κ3) is 4.24. The Balaban J connectivity index is 0.000000177. The lowest BCUT2D eigenvalue weighted by Crippen LogP contribution is -2.34. The van der Waals surface area contributed by atoms with E-state index in [4.69, 9.17) is 0 Å². The number of aldehydes is 1. The summed E-state index contributed by atoms with van der Waals surface area (Å²) in [4.78, 5) is 10.5. The lowest BCUT2D eigenvalue weighted by molar-refractivity contribution is -0.646. The standard InChI is InChI=1S/C11H10NO.C7H8O3S/c1-12-10(8-13)7-6-9-4-2-3-5-11(9)12;1-6-2-4-7(5-3-6)11(8,9)10/h2-8H,1H3;2-5H,1H3,(H,8,9,10)/q+1;/p-1. The smallest absolute Gasteiger partial charge is 0.245 e. The van der Waals surface area contributed by atoms with Crippen LogP contribution >= 0.6 is 0 Å². The van der Waals surface area contributed by atoms with Crippen molar-refractivity contribution in [3.63, 3.8) is 0 Å². The Bertz CT molecular complexity index is 964.